The Kier molecular flexibility index (Phi) is 7.77. The van der Waals surface area contributed by atoms with Crippen LogP contribution in [-0.4, -0.2) is 34.1 Å². The number of esters is 1. The summed E-state index contributed by atoms with van der Waals surface area (Å²) < 4.78 is 16.9. The van der Waals surface area contributed by atoms with E-state index in [1.165, 1.54) is 0 Å². The molecule has 24 heavy (non-hydrogen) atoms. The molecule has 0 fully saturated rings. The van der Waals surface area contributed by atoms with Crippen LogP contribution in [0.3, 0.4) is 0 Å². The summed E-state index contributed by atoms with van der Waals surface area (Å²) in [4.78, 5) is 11.7. The van der Waals surface area contributed by atoms with Gasteiger partial charge in [0.05, 0.1) is 19.6 Å². The summed E-state index contributed by atoms with van der Waals surface area (Å²) in [7, 11) is -1.78. The Balaban J connectivity index is 2.64. The maximum atomic E-state index is 11.7. The first-order valence-corrected chi connectivity index (χ1v) is 11.6. The van der Waals surface area contributed by atoms with Crippen molar-refractivity contribution in [1.82, 2.24) is 0 Å². The first kappa shape index (κ1) is 21.0. The maximum Gasteiger partial charge on any atom is 0.310 e. The Morgan fingerprint density at radius 2 is 1.88 bits per heavy atom. The molecule has 0 bridgehead atoms. The number of halogens is 1. The lowest BCUT2D eigenvalue weighted by molar-refractivity contribution is -0.142. The summed E-state index contributed by atoms with van der Waals surface area (Å²) in [6, 6.07) is 5.26. The predicted molar refractivity (Wildman–Crippen MR) is 100 cm³/mol. The smallest absolute Gasteiger partial charge is 0.310 e. The molecule has 0 spiro atoms. The minimum atomic E-state index is -1.78. The van der Waals surface area contributed by atoms with Crippen LogP contribution in [0.2, 0.25) is 23.2 Å². The van der Waals surface area contributed by atoms with E-state index in [1.54, 1.807) is 25.1 Å². The molecule has 1 rings (SSSR count). The number of carbonyl (C=O) groups excluding carboxylic acids is 1. The van der Waals surface area contributed by atoms with E-state index in [0.29, 0.717) is 30.6 Å². The van der Waals surface area contributed by atoms with E-state index >= 15 is 0 Å². The monoisotopic (exact) mass is 372 g/mol. The Morgan fingerprint density at radius 3 is 2.46 bits per heavy atom. The normalized spacial score (nSPS) is 12.1. The van der Waals surface area contributed by atoms with E-state index < -0.39 is 8.32 Å². The van der Waals surface area contributed by atoms with Crippen LogP contribution < -0.4 is 4.74 Å². The predicted octanol–water partition coefficient (Wildman–Crippen LogP) is 4.85. The van der Waals surface area contributed by atoms with Gasteiger partial charge in [0.2, 0.25) is 0 Å². The van der Waals surface area contributed by atoms with E-state index in [9.17, 15) is 4.79 Å². The molecule has 0 saturated heterocycles. The molecule has 0 unspecified atom stereocenters. The van der Waals surface area contributed by atoms with Gasteiger partial charge in [0, 0.05) is 10.6 Å². The largest absolute Gasteiger partial charge is 0.491 e. The SMILES string of the molecule is CCOC(=O)Cc1ccc(Cl)cc1OCCO[Si](C)(C)C(C)(C)C. The van der Waals surface area contributed by atoms with Crippen molar-refractivity contribution < 1.29 is 18.7 Å². The van der Waals surface area contributed by atoms with Crippen molar-refractivity contribution in [3.63, 3.8) is 0 Å². The van der Waals surface area contributed by atoms with Gasteiger partial charge >= 0.3 is 5.97 Å². The number of benzene rings is 1. The topological polar surface area (TPSA) is 44.8 Å². The van der Waals surface area contributed by atoms with Crippen LogP contribution in [0.1, 0.15) is 33.3 Å². The van der Waals surface area contributed by atoms with Crippen LogP contribution in [0.5, 0.6) is 5.75 Å². The molecule has 0 aromatic heterocycles. The summed E-state index contributed by atoms with van der Waals surface area (Å²) in [6.45, 7) is 14.1. The van der Waals surface area contributed by atoms with E-state index in [-0.39, 0.29) is 17.4 Å². The third-order valence-electron chi connectivity index (χ3n) is 4.28. The van der Waals surface area contributed by atoms with Crippen LogP contribution in [0, 0.1) is 0 Å². The zero-order chi connectivity index (χ0) is 18.4. The molecule has 0 heterocycles. The van der Waals surface area contributed by atoms with Gasteiger partial charge in [0.25, 0.3) is 0 Å². The Morgan fingerprint density at radius 1 is 1.21 bits per heavy atom. The molecular formula is C18H29ClO4Si. The van der Waals surface area contributed by atoms with E-state index in [0.717, 1.165) is 5.56 Å². The summed E-state index contributed by atoms with van der Waals surface area (Å²) >= 11 is 6.04. The molecule has 1 aromatic carbocycles. The molecule has 0 saturated carbocycles. The van der Waals surface area contributed by atoms with Gasteiger partial charge in [-0.15, -0.1) is 0 Å². The zero-order valence-electron chi connectivity index (χ0n) is 15.6. The highest BCUT2D eigenvalue weighted by molar-refractivity contribution is 6.74. The standard InChI is InChI=1S/C18H29ClO4Si/c1-7-21-17(20)12-14-8-9-15(19)13-16(14)22-10-11-23-24(5,6)18(2,3)4/h8-9,13H,7,10-12H2,1-6H3. The highest BCUT2D eigenvalue weighted by Gasteiger charge is 2.36. The number of ether oxygens (including phenoxy) is 2. The molecule has 4 nitrogen and oxygen atoms in total. The van der Waals surface area contributed by atoms with Crippen LogP contribution in [0.15, 0.2) is 18.2 Å². The van der Waals surface area contributed by atoms with Gasteiger partial charge in [0.1, 0.15) is 12.4 Å². The summed E-state index contributed by atoms with van der Waals surface area (Å²) in [6.07, 6.45) is 0.170. The van der Waals surface area contributed by atoms with Crippen molar-refractivity contribution in [2.45, 2.75) is 52.2 Å². The second-order valence-corrected chi connectivity index (χ2v) is 12.4. The van der Waals surface area contributed by atoms with Crippen molar-refractivity contribution in [3.05, 3.63) is 28.8 Å². The number of hydrogen-bond acceptors (Lipinski definition) is 4. The molecule has 1 aromatic rings. The Hall–Kier alpha value is -1.04. The molecular weight excluding hydrogens is 344 g/mol. The molecule has 0 aliphatic heterocycles. The summed E-state index contributed by atoms with van der Waals surface area (Å²) in [5.41, 5.74) is 0.769. The van der Waals surface area contributed by atoms with Gasteiger partial charge in [-0.05, 0) is 37.2 Å². The fourth-order valence-corrected chi connectivity index (χ4v) is 3.03. The Labute approximate surface area is 151 Å². The van der Waals surface area contributed by atoms with Gasteiger partial charge in [0.15, 0.2) is 8.32 Å². The fraction of sp³-hybridized carbons (Fsp3) is 0.611. The van der Waals surface area contributed by atoms with Gasteiger partial charge in [-0.1, -0.05) is 38.4 Å². The average Bonchev–Trinajstić information content (AvgIpc) is 2.45. The number of rotatable bonds is 8. The summed E-state index contributed by atoms with van der Waals surface area (Å²) in [5, 5.41) is 0.737. The van der Waals surface area contributed by atoms with Crippen LogP contribution in [0.4, 0.5) is 0 Å². The molecule has 0 radical (unpaired) electrons. The minimum absolute atomic E-state index is 0.165. The average molecular weight is 373 g/mol. The minimum Gasteiger partial charge on any atom is -0.491 e. The molecule has 0 aliphatic carbocycles. The molecule has 6 heteroatoms. The van der Waals surface area contributed by atoms with Crippen molar-refractivity contribution >= 4 is 25.9 Å². The van der Waals surface area contributed by atoms with Crippen LogP contribution in [-0.2, 0) is 20.4 Å². The van der Waals surface area contributed by atoms with Gasteiger partial charge in [-0.2, -0.15) is 0 Å². The maximum absolute atomic E-state index is 11.7. The zero-order valence-corrected chi connectivity index (χ0v) is 17.3. The van der Waals surface area contributed by atoms with Crippen molar-refractivity contribution in [3.8, 4) is 5.75 Å². The van der Waals surface area contributed by atoms with Crippen molar-refractivity contribution in [1.29, 1.82) is 0 Å². The van der Waals surface area contributed by atoms with E-state index in [4.69, 9.17) is 25.5 Å². The van der Waals surface area contributed by atoms with Crippen LogP contribution in [0.25, 0.3) is 0 Å². The van der Waals surface area contributed by atoms with Crippen molar-refractivity contribution in [2.75, 3.05) is 19.8 Å². The first-order valence-electron chi connectivity index (χ1n) is 8.27. The fourth-order valence-electron chi connectivity index (χ4n) is 1.84. The van der Waals surface area contributed by atoms with Gasteiger partial charge in [-0.3, -0.25) is 4.79 Å². The lowest BCUT2D eigenvalue weighted by Crippen LogP contribution is -2.41. The lowest BCUT2D eigenvalue weighted by Gasteiger charge is -2.36. The summed E-state index contributed by atoms with van der Waals surface area (Å²) in [5.74, 6) is 0.330. The second-order valence-electron chi connectivity index (χ2n) is 7.19. The molecule has 0 N–H and O–H groups in total. The lowest BCUT2D eigenvalue weighted by atomic mass is 10.1. The highest BCUT2D eigenvalue weighted by atomic mass is 35.5. The van der Waals surface area contributed by atoms with Gasteiger partial charge in [-0.25, -0.2) is 0 Å². The number of carbonyl (C=O) groups is 1. The van der Waals surface area contributed by atoms with E-state index in [2.05, 4.69) is 33.9 Å². The number of hydrogen-bond donors (Lipinski definition) is 0. The molecule has 0 aliphatic rings. The molecule has 0 amide bonds. The van der Waals surface area contributed by atoms with Crippen molar-refractivity contribution in [2.24, 2.45) is 0 Å². The molecule has 136 valence electrons. The second kappa shape index (κ2) is 8.88. The highest BCUT2D eigenvalue weighted by Crippen LogP contribution is 2.36. The van der Waals surface area contributed by atoms with Crippen LogP contribution >= 0.6 is 11.6 Å². The quantitative estimate of drug-likeness (QED) is 0.372. The molecule has 0 atom stereocenters. The van der Waals surface area contributed by atoms with E-state index in [1.807, 2.05) is 0 Å². The first-order chi connectivity index (χ1) is 11.1. The third kappa shape index (κ3) is 6.46. The Bertz CT molecular complexity index is 552. The van der Waals surface area contributed by atoms with Gasteiger partial charge < -0.3 is 13.9 Å². The third-order valence-corrected chi connectivity index (χ3v) is 9.05.